The van der Waals surface area contributed by atoms with Gasteiger partial charge in [0, 0.05) is 16.9 Å². The largest absolute Gasteiger partial charge is 0.321 e. The van der Waals surface area contributed by atoms with Gasteiger partial charge in [-0.1, -0.05) is 12.2 Å². The summed E-state index contributed by atoms with van der Waals surface area (Å²) in [6.07, 6.45) is 6.50. The van der Waals surface area contributed by atoms with Gasteiger partial charge in [-0.2, -0.15) is 8.42 Å². The Morgan fingerprint density at radius 2 is 2.10 bits per heavy atom. The Hall–Kier alpha value is -0.480. The van der Waals surface area contributed by atoms with Crippen LogP contribution in [-0.4, -0.2) is 19.3 Å². The van der Waals surface area contributed by atoms with Crippen molar-refractivity contribution in [2.75, 3.05) is 6.54 Å². The van der Waals surface area contributed by atoms with Gasteiger partial charge in [0.05, 0.1) is 6.54 Å². The van der Waals surface area contributed by atoms with E-state index in [1.54, 1.807) is 18.2 Å². The van der Waals surface area contributed by atoms with Gasteiger partial charge in [0.1, 0.15) is 0 Å². The highest BCUT2D eigenvalue weighted by molar-refractivity contribution is 8.11. The second kappa shape index (κ2) is 2.64. The lowest BCUT2D eigenvalue weighted by atomic mass is 10.4. The molecule has 0 fully saturated rings. The summed E-state index contributed by atoms with van der Waals surface area (Å²) in [6, 6.07) is 0. The first-order chi connectivity index (χ1) is 4.61. The number of hydrogen-bond acceptors (Lipinski definition) is 2. The molecule has 5 heteroatoms. The molecule has 1 aliphatic rings. The van der Waals surface area contributed by atoms with Gasteiger partial charge in [0.2, 0.25) is 0 Å². The zero-order valence-corrected chi connectivity index (χ0v) is 6.64. The lowest BCUT2D eigenvalue weighted by Gasteiger charge is -2.14. The molecule has 3 nitrogen and oxygen atoms in total. The molecule has 0 atom stereocenters. The minimum absolute atomic E-state index is 0.322. The Balaban J connectivity index is 2.79. The molecule has 0 radical (unpaired) electrons. The fourth-order valence-corrected chi connectivity index (χ4v) is 1.40. The molecule has 0 aromatic carbocycles. The maximum Gasteiger partial charge on any atom is 0.321 e. The summed E-state index contributed by atoms with van der Waals surface area (Å²) in [4.78, 5) is 0. The third-order valence-electron chi connectivity index (χ3n) is 1.06. The molecular weight excluding hydrogens is 174 g/mol. The van der Waals surface area contributed by atoms with E-state index in [0.29, 0.717) is 6.54 Å². The fraction of sp³-hybridized carbons (Fsp3) is 0.200. The number of rotatable bonds is 1. The fourth-order valence-electron chi connectivity index (χ4n) is 0.612. The SMILES string of the molecule is O=S(=O)(Cl)N1C=CC=CC1. The molecule has 0 bridgehead atoms. The molecular formula is C5H6ClNO2S. The minimum atomic E-state index is -3.56. The first kappa shape index (κ1) is 7.63. The molecule has 56 valence electrons. The predicted octanol–water partition coefficient (Wildman–Crippen LogP) is 0.856. The van der Waals surface area contributed by atoms with Gasteiger partial charge in [-0.15, -0.1) is 0 Å². The van der Waals surface area contributed by atoms with E-state index in [2.05, 4.69) is 0 Å². The Bertz CT molecular complexity index is 267. The molecule has 1 rings (SSSR count). The molecule has 0 aromatic heterocycles. The van der Waals surface area contributed by atoms with Gasteiger partial charge in [-0.05, 0) is 6.08 Å². The summed E-state index contributed by atoms with van der Waals surface area (Å²) >= 11 is 0. The molecule has 1 aliphatic heterocycles. The maximum atomic E-state index is 10.6. The van der Waals surface area contributed by atoms with Crippen molar-refractivity contribution in [2.24, 2.45) is 0 Å². The molecule has 1 heterocycles. The summed E-state index contributed by atoms with van der Waals surface area (Å²) in [6.45, 7) is 0.322. The Morgan fingerprint density at radius 1 is 1.40 bits per heavy atom. The quantitative estimate of drug-likeness (QED) is 0.560. The molecule has 0 saturated carbocycles. The Morgan fingerprint density at radius 3 is 2.40 bits per heavy atom. The van der Waals surface area contributed by atoms with Crippen LogP contribution in [-0.2, 0) is 9.24 Å². The van der Waals surface area contributed by atoms with Crippen LogP contribution in [0, 0.1) is 0 Å². The van der Waals surface area contributed by atoms with Crippen LogP contribution < -0.4 is 0 Å². The monoisotopic (exact) mass is 179 g/mol. The van der Waals surface area contributed by atoms with Crippen molar-refractivity contribution >= 4 is 19.9 Å². The van der Waals surface area contributed by atoms with E-state index in [0.717, 1.165) is 4.31 Å². The highest BCUT2D eigenvalue weighted by Gasteiger charge is 2.13. The van der Waals surface area contributed by atoms with Crippen molar-refractivity contribution in [3.63, 3.8) is 0 Å². The van der Waals surface area contributed by atoms with Crippen molar-refractivity contribution < 1.29 is 8.42 Å². The summed E-state index contributed by atoms with van der Waals surface area (Å²) in [5.74, 6) is 0. The smallest absolute Gasteiger partial charge is 0.261 e. The van der Waals surface area contributed by atoms with Crippen molar-refractivity contribution in [2.45, 2.75) is 0 Å². The first-order valence-electron chi connectivity index (χ1n) is 2.65. The summed E-state index contributed by atoms with van der Waals surface area (Å²) in [5.41, 5.74) is 0. The average molecular weight is 180 g/mol. The summed E-state index contributed by atoms with van der Waals surface area (Å²) in [5, 5.41) is 0. The topological polar surface area (TPSA) is 37.4 Å². The van der Waals surface area contributed by atoms with Crippen molar-refractivity contribution in [1.82, 2.24) is 4.31 Å². The zero-order chi connectivity index (χ0) is 7.61. The van der Waals surface area contributed by atoms with Gasteiger partial charge in [-0.3, -0.25) is 4.31 Å². The summed E-state index contributed by atoms with van der Waals surface area (Å²) in [7, 11) is 1.47. The number of halogens is 1. The normalized spacial score (nSPS) is 17.9. The van der Waals surface area contributed by atoms with Crippen molar-refractivity contribution in [3.05, 3.63) is 24.4 Å². The van der Waals surface area contributed by atoms with Gasteiger partial charge < -0.3 is 0 Å². The molecule has 0 N–H and O–H groups in total. The van der Waals surface area contributed by atoms with Crippen LogP contribution in [0.15, 0.2) is 24.4 Å². The Labute approximate surface area is 64.1 Å². The lowest BCUT2D eigenvalue weighted by molar-refractivity contribution is 0.537. The van der Waals surface area contributed by atoms with Crippen molar-refractivity contribution in [3.8, 4) is 0 Å². The Kier molecular flexibility index (Phi) is 2.01. The molecule has 0 amide bonds. The van der Waals surface area contributed by atoms with E-state index in [1.165, 1.54) is 6.20 Å². The van der Waals surface area contributed by atoms with Crippen LogP contribution >= 0.6 is 10.7 Å². The van der Waals surface area contributed by atoms with Gasteiger partial charge in [-0.25, -0.2) is 0 Å². The standard InChI is InChI=1S/C5H6ClNO2S/c6-10(8,9)7-4-2-1-3-5-7/h1-4H,5H2. The van der Waals surface area contributed by atoms with Gasteiger partial charge in [0.25, 0.3) is 0 Å². The third-order valence-corrected chi connectivity index (χ3v) is 2.43. The van der Waals surface area contributed by atoms with Crippen LogP contribution in [0.25, 0.3) is 0 Å². The average Bonchev–Trinajstić information content (AvgIpc) is 1.88. The number of hydrogen-bond donors (Lipinski definition) is 0. The molecule has 0 aliphatic carbocycles. The van der Waals surface area contributed by atoms with E-state index in [-0.39, 0.29) is 0 Å². The van der Waals surface area contributed by atoms with Crippen LogP contribution in [0.3, 0.4) is 0 Å². The molecule has 0 spiro atoms. The highest BCUT2D eigenvalue weighted by atomic mass is 35.7. The minimum Gasteiger partial charge on any atom is -0.261 e. The number of allylic oxidation sites excluding steroid dienone is 2. The predicted molar refractivity (Wildman–Crippen MR) is 39.8 cm³/mol. The van der Waals surface area contributed by atoms with Crippen LogP contribution in [0.2, 0.25) is 0 Å². The van der Waals surface area contributed by atoms with E-state index >= 15 is 0 Å². The lowest BCUT2D eigenvalue weighted by Crippen LogP contribution is -2.22. The maximum absolute atomic E-state index is 10.6. The van der Waals surface area contributed by atoms with E-state index in [1.807, 2.05) is 0 Å². The van der Waals surface area contributed by atoms with Crippen molar-refractivity contribution in [1.29, 1.82) is 0 Å². The van der Waals surface area contributed by atoms with Crippen LogP contribution in [0.5, 0.6) is 0 Å². The molecule has 10 heavy (non-hydrogen) atoms. The molecule has 0 saturated heterocycles. The second-order valence-electron chi connectivity index (χ2n) is 1.78. The first-order valence-corrected chi connectivity index (χ1v) is 4.92. The zero-order valence-electron chi connectivity index (χ0n) is 5.07. The highest BCUT2D eigenvalue weighted by Crippen LogP contribution is 2.09. The van der Waals surface area contributed by atoms with E-state index < -0.39 is 9.24 Å². The summed E-state index contributed by atoms with van der Waals surface area (Å²) < 4.78 is 22.2. The second-order valence-corrected chi connectivity index (χ2v) is 4.24. The van der Waals surface area contributed by atoms with E-state index in [4.69, 9.17) is 10.7 Å². The number of nitrogens with zero attached hydrogens (tertiary/aromatic N) is 1. The third kappa shape index (κ3) is 1.75. The van der Waals surface area contributed by atoms with Gasteiger partial charge >= 0.3 is 9.24 Å². The van der Waals surface area contributed by atoms with Crippen LogP contribution in [0.4, 0.5) is 0 Å². The molecule has 0 aromatic rings. The molecule has 0 unspecified atom stereocenters. The van der Waals surface area contributed by atoms with E-state index in [9.17, 15) is 8.42 Å². The van der Waals surface area contributed by atoms with Gasteiger partial charge in [0.15, 0.2) is 0 Å². The van der Waals surface area contributed by atoms with Crippen LogP contribution in [0.1, 0.15) is 0 Å².